The van der Waals surface area contributed by atoms with E-state index in [1.54, 1.807) is 0 Å². The molecular formula is C16H35NO. The van der Waals surface area contributed by atoms with Crippen LogP contribution in [0.5, 0.6) is 0 Å². The van der Waals surface area contributed by atoms with E-state index in [0.717, 1.165) is 30.6 Å². The predicted octanol–water partition coefficient (Wildman–Crippen LogP) is 3.96. The summed E-state index contributed by atoms with van der Waals surface area (Å²) in [6.07, 6.45) is 10.6. The van der Waals surface area contributed by atoms with Gasteiger partial charge in [0.25, 0.3) is 0 Å². The Balaban J connectivity index is 0.000000659. The first kappa shape index (κ1) is 17.9. The Hall–Kier alpha value is -0.0800. The molecule has 0 heterocycles. The van der Waals surface area contributed by atoms with E-state index in [9.17, 15) is 5.11 Å². The summed E-state index contributed by atoms with van der Waals surface area (Å²) in [6.45, 7) is 6.39. The maximum atomic E-state index is 9.47. The van der Waals surface area contributed by atoms with Gasteiger partial charge in [-0.1, -0.05) is 33.6 Å². The van der Waals surface area contributed by atoms with E-state index >= 15 is 0 Å². The average Bonchev–Trinajstić information content (AvgIpc) is 2.45. The van der Waals surface area contributed by atoms with Crippen molar-refractivity contribution in [2.24, 2.45) is 23.5 Å². The highest BCUT2D eigenvalue weighted by Crippen LogP contribution is 2.39. The Morgan fingerprint density at radius 2 is 1.06 bits per heavy atom. The van der Waals surface area contributed by atoms with Gasteiger partial charge in [-0.25, -0.2) is 0 Å². The zero-order valence-corrected chi connectivity index (χ0v) is 13.0. The Labute approximate surface area is 114 Å². The van der Waals surface area contributed by atoms with Crippen molar-refractivity contribution in [1.82, 2.24) is 0 Å². The second kappa shape index (κ2) is 10.8. The Morgan fingerprint density at radius 3 is 1.44 bits per heavy atom. The van der Waals surface area contributed by atoms with Crippen molar-refractivity contribution < 1.29 is 5.11 Å². The van der Waals surface area contributed by atoms with E-state index in [2.05, 4.69) is 12.7 Å². The first-order valence-corrected chi connectivity index (χ1v) is 8.01. The standard InChI is InChI=1S/C13H24O.C2H6.CH5N/c1-10-2-4-11(5-3-10)12-6-8-13(14)9-7-12;2*1-2/h10-14H,2-9H2,1H3;1-2H3;2H2,1H3. The minimum absolute atomic E-state index is 0.0220. The maximum Gasteiger partial charge on any atom is 0.0540 e. The summed E-state index contributed by atoms with van der Waals surface area (Å²) >= 11 is 0. The van der Waals surface area contributed by atoms with E-state index < -0.39 is 0 Å². The zero-order chi connectivity index (χ0) is 14.0. The summed E-state index contributed by atoms with van der Waals surface area (Å²) in [7, 11) is 1.50. The van der Waals surface area contributed by atoms with Crippen molar-refractivity contribution >= 4 is 0 Å². The fraction of sp³-hybridized carbons (Fsp3) is 1.00. The van der Waals surface area contributed by atoms with Gasteiger partial charge in [0.05, 0.1) is 6.10 Å². The third-order valence-electron chi connectivity index (χ3n) is 4.47. The van der Waals surface area contributed by atoms with E-state index in [-0.39, 0.29) is 6.10 Å². The predicted molar refractivity (Wildman–Crippen MR) is 80.5 cm³/mol. The maximum absolute atomic E-state index is 9.47. The first-order chi connectivity index (χ1) is 8.75. The Morgan fingerprint density at radius 1 is 0.722 bits per heavy atom. The number of hydrogen-bond donors (Lipinski definition) is 2. The highest BCUT2D eigenvalue weighted by molar-refractivity contribution is 4.80. The SMILES string of the molecule is CC.CC1CCC(C2CCC(O)CC2)CC1.CN. The summed E-state index contributed by atoms with van der Waals surface area (Å²) in [5.74, 6) is 2.92. The van der Waals surface area contributed by atoms with E-state index in [1.165, 1.54) is 45.6 Å². The molecule has 110 valence electrons. The molecule has 2 fully saturated rings. The van der Waals surface area contributed by atoms with Crippen LogP contribution in [0.15, 0.2) is 0 Å². The molecule has 2 saturated carbocycles. The quantitative estimate of drug-likeness (QED) is 0.747. The van der Waals surface area contributed by atoms with Gasteiger partial charge in [-0.15, -0.1) is 0 Å². The third kappa shape index (κ3) is 6.19. The van der Waals surface area contributed by atoms with Crippen LogP contribution in [0.3, 0.4) is 0 Å². The molecule has 2 heteroatoms. The van der Waals surface area contributed by atoms with Gasteiger partial charge < -0.3 is 10.8 Å². The molecular weight excluding hydrogens is 222 g/mol. The summed E-state index contributed by atoms with van der Waals surface area (Å²) in [6, 6.07) is 0. The molecule has 2 aliphatic carbocycles. The van der Waals surface area contributed by atoms with E-state index in [1.807, 2.05) is 13.8 Å². The lowest BCUT2D eigenvalue weighted by atomic mass is 9.71. The van der Waals surface area contributed by atoms with Gasteiger partial charge >= 0.3 is 0 Å². The Bertz CT molecular complexity index is 148. The van der Waals surface area contributed by atoms with E-state index in [4.69, 9.17) is 0 Å². The largest absolute Gasteiger partial charge is 0.393 e. The normalized spacial score (nSPS) is 35.7. The smallest absolute Gasteiger partial charge is 0.0540 e. The summed E-state index contributed by atoms with van der Waals surface area (Å²) in [5, 5.41) is 9.47. The van der Waals surface area contributed by atoms with Gasteiger partial charge in [-0.2, -0.15) is 0 Å². The van der Waals surface area contributed by atoms with Crippen LogP contribution in [-0.2, 0) is 0 Å². The van der Waals surface area contributed by atoms with Crippen molar-refractivity contribution in [2.75, 3.05) is 7.05 Å². The summed E-state index contributed by atoms with van der Waals surface area (Å²) in [4.78, 5) is 0. The number of rotatable bonds is 1. The minimum Gasteiger partial charge on any atom is -0.393 e. The van der Waals surface area contributed by atoms with Crippen LogP contribution in [0, 0.1) is 17.8 Å². The third-order valence-corrected chi connectivity index (χ3v) is 4.47. The fourth-order valence-corrected chi connectivity index (χ4v) is 3.33. The van der Waals surface area contributed by atoms with Crippen LogP contribution in [0.2, 0.25) is 0 Å². The van der Waals surface area contributed by atoms with Crippen LogP contribution in [0.1, 0.15) is 72.1 Å². The van der Waals surface area contributed by atoms with Gasteiger partial charge in [0, 0.05) is 0 Å². The Kier molecular flexibility index (Phi) is 10.8. The molecule has 0 aromatic carbocycles. The van der Waals surface area contributed by atoms with Gasteiger partial charge in [-0.3, -0.25) is 0 Å². The number of aliphatic hydroxyl groups excluding tert-OH is 1. The van der Waals surface area contributed by atoms with Crippen molar-refractivity contribution in [3.8, 4) is 0 Å². The van der Waals surface area contributed by atoms with Crippen molar-refractivity contribution in [3.63, 3.8) is 0 Å². The molecule has 0 amide bonds. The molecule has 0 radical (unpaired) electrons. The zero-order valence-electron chi connectivity index (χ0n) is 13.0. The molecule has 0 unspecified atom stereocenters. The van der Waals surface area contributed by atoms with Gasteiger partial charge in [0.15, 0.2) is 0 Å². The average molecular weight is 257 g/mol. The van der Waals surface area contributed by atoms with Crippen molar-refractivity contribution in [3.05, 3.63) is 0 Å². The summed E-state index contributed by atoms with van der Waals surface area (Å²) < 4.78 is 0. The van der Waals surface area contributed by atoms with Gasteiger partial charge in [-0.05, 0) is 63.3 Å². The molecule has 0 atom stereocenters. The van der Waals surface area contributed by atoms with Crippen molar-refractivity contribution in [1.29, 1.82) is 0 Å². The van der Waals surface area contributed by atoms with Gasteiger partial charge in [0.1, 0.15) is 0 Å². The number of hydrogen-bond acceptors (Lipinski definition) is 2. The van der Waals surface area contributed by atoms with Crippen LogP contribution in [0.25, 0.3) is 0 Å². The molecule has 18 heavy (non-hydrogen) atoms. The molecule has 0 aromatic rings. The molecule has 2 rings (SSSR count). The molecule has 0 spiro atoms. The van der Waals surface area contributed by atoms with Crippen LogP contribution in [-0.4, -0.2) is 18.3 Å². The lowest BCUT2D eigenvalue weighted by Gasteiger charge is -2.36. The van der Waals surface area contributed by atoms with Crippen LogP contribution in [0.4, 0.5) is 0 Å². The monoisotopic (exact) mass is 257 g/mol. The lowest BCUT2D eigenvalue weighted by molar-refractivity contribution is 0.0780. The topological polar surface area (TPSA) is 46.2 Å². The molecule has 0 aliphatic heterocycles. The number of aliphatic hydroxyl groups is 1. The molecule has 0 aromatic heterocycles. The second-order valence-electron chi connectivity index (χ2n) is 5.59. The van der Waals surface area contributed by atoms with Crippen LogP contribution >= 0.6 is 0 Å². The second-order valence-corrected chi connectivity index (χ2v) is 5.59. The highest BCUT2D eigenvalue weighted by Gasteiger charge is 2.29. The number of nitrogens with two attached hydrogens (primary N) is 1. The minimum atomic E-state index is 0.0220. The summed E-state index contributed by atoms with van der Waals surface area (Å²) in [5.41, 5.74) is 4.50. The lowest BCUT2D eigenvalue weighted by Crippen LogP contribution is -2.26. The molecule has 2 nitrogen and oxygen atoms in total. The molecule has 3 N–H and O–H groups in total. The van der Waals surface area contributed by atoms with Crippen molar-refractivity contribution in [2.45, 2.75) is 78.2 Å². The van der Waals surface area contributed by atoms with Gasteiger partial charge in [0.2, 0.25) is 0 Å². The van der Waals surface area contributed by atoms with E-state index in [0.29, 0.717) is 0 Å². The fourth-order valence-electron chi connectivity index (χ4n) is 3.33. The molecule has 0 saturated heterocycles. The molecule has 2 aliphatic rings. The van der Waals surface area contributed by atoms with Crippen LogP contribution < -0.4 is 5.73 Å². The molecule has 0 bridgehead atoms. The first-order valence-electron chi connectivity index (χ1n) is 8.01. The highest BCUT2D eigenvalue weighted by atomic mass is 16.3.